The number of nitrogens with zero attached hydrogens (tertiary/aromatic N) is 2. The lowest BCUT2D eigenvalue weighted by Crippen LogP contribution is -2.39. The monoisotopic (exact) mass is 676 g/mol. The fraction of sp³-hybridized carbons (Fsp3) is 0.206. The molecule has 0 aromatic heterocycles. The average Bonchev–Trinajstić information content (AvgIpc) is 3.10. The molecule has 0 bridgehead atoms. The van der Waals surface area contributed by atoms with Gasteiger partial charge in [0.1, 0.15) is 23.8 Å². The van der Waals surface area contributed by atoms with Gasteiger partial charge in [-0.25, -0.2) is 13.8 Å². The summed E-state index contributed by atoms with van der Waals surface area (Å²) in [7, 11) is 0.152. The Morgan fingerprint density at radius 2 is 1.38 bits per heavy atom. The van der Waals surface area contributed by atoms with Crippen molar-refractivity contribution in [3.05, 3.63) is 96.6 Å². The first-order valence-corrected chi connectivity index (χ1v) is 16.1. The highest BCUT2D eigenvalue weighted by Gasteiger charge is 2.28. The quantitative estimate of drug-likeness (QED) is 0.129. The topological polar surface area (TPSA) is 154 Å². The zero-order valence-corrected chi connectivity index (χ0v) is 27.7. The van der Waals surface area contributed by atoms with Gasteiger partial charge in [-0.1, -0.05) is 0 Å². The van der Waals surface area contributed by atoms with Crippen molar-refractivity contribution >= 4 is 39.4 Å². The van der Waals surface area contributed by atoms with E-state index in [9.17, 15) is 18.0 Å². The van der Waals surface area contributed by atoms with Crippen molar-refractivity contribution in [2.24, 2.45) is 5.10 Å². The number of amides is 2. The maximum atomic E-state index is 13.8. The number of carbonyl (C=O) groups excluding carboxylic acids is 2. The van der Waals surface area contributed by atoms with E-state index in [1.807, 2.05) is 6.92 Å². The summed E-state index contributed by atoms with van der Waals surface area (Å²) in [5, 5.41) is 6.71. The number of hydrazone groups is 1. The molecule has 0 unspecified atom stereocenters. The van der Waals surface area contributed by atoms with Gasteiger partial charge in [-0.05, 0) is 97.4 Å². The normalized spacial score (nSPS) is 11.0. The summed E-state index contributed by atoms with van der Waals surface area (Å²) in [6, 6.07) is 24.1. The van der Waals surface area contributed by atoms with E-state index in [1.54, 1.807) is 79.9 Å². The van der Waals surface area contributed by atoms with Crippen molar-refractivity contribution in [3.63, 3.8) is 0 Å². The van der Waals surface area contributed by atoms with Crippen molar-refractivity contribution in [1.82, 2.24) is 5.43 Å². The maximum Gasteiger partial charge on any atom is 0.264 e. The van der Waals surface area contributed by atoms with E-state index >= 15 is 0 Å². The molecule has 0 aliphatic heterocycles. The molecule has 2 amide bonds. The summed E-state index contributed by atoms with van der Waals surface area (Å²) in [5.74, 6) is 1.23. The van der Waals surface area contributed by atoms with Crippen molar-refractivity contribution in [2.75, 3.05) is 50.7 Å². The fourth-order valence-electron chi connectivity index (χ4n) is 4.31. The van der Waals surface area contributed by atoms with Crippen LogP contribution in [0.3, 0.4) is 0 Å². The van der Waals surface area contributed by atoms with Gasteiger partial charge in [0.25, 0.3) is 21.8 Å². The van der Waals surface area contributed by atoms with Gasteiger partial charge in [0, 0.05) is 11.8 Å². The van der Waals surface area contributed by atoms with Crippen LogP contribution < -0.4 is 38.7 Å². The van der Waals surface area contributed by atoms with Crippen LogP contribution in [0.5, 0.6) is 28.7 Å². The van der Waals surface area contributed by atoms with E-state index in [4.69, 9.17) is 23.7 Å². The predicted octanol–water partition coefficient (Wildman–Crippen LogP) is 4.47. The number of rotatable bonds is 16. The first-order valence-electron chi connectivity index (χ1n) is 14.6. The van der Waals surface area contributed by atoms with Crippen LogP contribution in [0.25, 0.3) is 0 Å². The number of carbonyl (C=O) groups is 2. The third kappa shape index (κ3) is 9.39. The Morgan fingerprint density at radius 1 is 0.750 bits per heavy atom. The van der Waals surface area contributed by atoms with Crippen LogP contribution in [0, 0.1) is 0 Å². The molecule has 0 saturated heterocycles. The van der Waals surface area contributed by atoms with Crippen LogP contribution in [-0.4, -0.2) is 67.5 Å². The molecule has 4 aromatic carbocycles. The van der Waals surface area contributed by atoms with Gasteiger partial charge in [-0.3, -0.25) is 13.9 Å². The van der Waals surface area contributed by atoms with Crippen molar-refractivity contribution in [3.8, 4) is 28.7 Å². The summed E-state index contributed by atoms with van der Waals surface area (Å²) in [4.78, 5) is 25.1. The molecule has 4 aromatic rings. The minimum Gasteiger partial charge on any atom is -0.497 e. The molecule has 0 aliphatic carbocycles. The Bertz CT molecular complexity index is 1810. The molecule has 48 heavy (non-hydrogen) atoms. The molecule has 0 aliphatic rings. The van der Waals surface area contributed by atoms with Crippen molar-refractivity contribution < 1.29 is 41.7 Å². The van der Waals surface area contributed by atoms with E-state index in [0.29, 0.717) is 40.9 Å². The zero-order chi connectivity index (χ0) is 34.5. The molecule has 0 spiro atoms. The van der Waals surface area contributed by atoms with Crippen LogP contribution >= 0.6 is 0 Å². The Balaban J connectivity index is 1.39. The molecule has 0 heterocycles. The van der Waals surface area contributed by atoms with E-state index in [1.165, 1.54) is 38.6 Å². The molecule has 14 heteroatoms. The van der Waals surface area contributed by atoms with Crippen LogP contribution in [-0.2, 0) is 19.6 Å². The SMILES string of the molecule is CCOc1ccc(N(CC(=O)N/N=C\c2ccc(OCC(=O)Nc3ccc(OC)cc3)cc2)S(=O)(=O)c2ccc(OC)c(OC)c2)cc1. The predicted molar refractivity (Wildman–Crippen MR) is 181 cm³/mol. The van der Waals surface area contributed by atoms with E-state index in [0.717, 1.165) is 4.31 Å². The van der Waals surface area contributed by atoms with Crippen LogP contribution in [0.4, 0.5) is 11.4 Å². The maximum absolute atomic E-state index is 13.8. The van der Waals surface area contributed by atoms with E-state index in [-0.39, 0.29) is 28.8 Å². The summed E-state index contributed by atoms with van der Waals surface area (Å²) in [6.07, 6.45) is 1.39. The second-order valence-electron chi connectivity index (χ2n) is 9.88. The number of methoxy groups -OCH3 is 3. The molecule has 252 valence electrons. The highest BCUT2D eigenvalue weighted by Crippen LogP contribution is 2.32. The van der Waals surface area contributed by atoms with Gasteiger partial charge in [0.2, 0.25) is 0 Å². The highest BCUT2D eigenvalue weighted by molar-refractivity contribution is 7.92. The third-order valence-corrected chi connectivity index (χ3v) is 8.46. The largest absolute Gasteiger partial charge is 0.497 e. The molecular weight excluding hydrogens is 640 g/mol. The average molecular weight is 677 g/mol. The lowest BCUT2D eigenvalue weighted by atomic mass is 10.2. The Morgan fingerprint density at radius 3 is 2.00 bits per heavy atom. The third-order valence-electron chi connectivity index (χ3n) is 6.69. The molecule has 0 radical (unpaired) electrons. The van der Waals surface area contributed by atoms with Crippen LogP contribution in [0.1, 0.15) is 12.5 Å². The minimum absolute atomic E-state index is 0.106. The molecule has 0 saturated carbocycles. The number of ether oxygens (including phenoxy) is 5. The Labute approximate surface area is 279 Å². The zero-order valence-electron chi connectivity index (χ0n) is 26.8. The van der Waals surface area contributed by atoms with Crippen molar-refractivity contribution in [2.45, 2.75) is 11.8 Å². The molecule has 0 atom stereocenters. The first-order chi connectivity index (χ1) is 23.2. The second-order valence-corrected chi connectivity index (χ2v) is 11.7. The second kappa shape index (κ2) is 16.7. The van der Waals surface area contributed by atoms with Gasteiger partial charge >= 0.3 is 0 Å². The van der Waals surface area contributed by atoms with Gasteiger partial charge in [0.15, 0.2) is 18.1 Å². The standard InChI is InChI=1S/C34H36N4O9S/c1-5-46-28-16-10-26(11-17-28)38(48(41,42)30-18-19-31(44-3)32(20-30)45-4)22-33(39)37-35-21-24-6-12-29(13-7-24)47-23-34(40)36-25-8-14-27(43-2)15-9-25/h6-21H,5,22-23H2,1-4H3,(H,36,40)(H,37,39)/b35-21-. The Hall–Kier alpha value is -5.76. The molecule has 2 N–H and O–H groups in total. The first kappa shape index (κ1) is 35.1. The lowest BCUT2D eigenvalue weighted by molar-refractivity contribution is -0.119. The number of hydrogen-bond donors (Lipinski definition) is 2. The lowest BCUT2D eigenvalue weighted by Gasteiger charge is -2.24. The molecule has 4 rings (SSSR count). The van der Waals surface area contributed by atoms with Gasteiger partial charge in [-0.15, -0.1) is 0 Å². The molecular formula is C34H36N4O9S. The molecule has 13 nitrogen and oxygen atoms in total. The summed E-state index contributed by atoms with van der Waals surface area (Å²) >= 11 is 0. The number of sulfonamides is 1. The molecule has 0 fully saturated rings. The highest BCUT2D eigenvalue weighted by atomic mass is 32.2. The summed E-state index contributed by atoms with van der Waals surface area (Å²) in [6.45, 7) is 1.49. The summed E-state index contributed by atoms with van der Waals surface area (Å²) < 4.78 is 55.3. The van der Waals surface area contributed by atoms with Crippen LogP contribution in [0.2, 0.25) is 0 Å². The van der Waals surface area contributed by atoms with E-state index < -0.39 is 22.5 Å². The van der Waals surface area contributed by atoms with Gasteiger partial charge in [-0.2, -0.15) is 5.10 Å². The van der Waals surface area contributed by atoms with Crippen molar-refractivity contribution in [1.29, 1.82) is 0 Å². The van der Waals surface area contributed by atoms with Gasteiger partial charge < -0.3 is 29.0 Å². The summed E-state index contributed by atoms with van der Waals surface area (Å²) in [5.41, 5.74) is 3.84. The fourth-order valence-corrected chi connectivity index (χ4v) is 5.75. The minimum atomic E-state index is -4.25. The Kier molecular flexibility index (Phi) is 12.2. The smallest absolute Gasteiger partial charge is 0.264 e. The number of hydrogen-bond acceptors (Lipinski definition) is 10. The number of nitrogens with one attached hydrogen (secondary N) is 2. The number of benzene rings is 4. The van der Waals surface area contributed by atoms with E-state index in [2.05, 4.69) is 15.8 Å². The van der Waals surface area contributed by atoms with Crippen LogP contribution in [0.15, 0.2) is 101 Å². The number of anilines is 2. The van der Waals surface area contributed by atoms with Gasteiger partial charge in [0.05, 0.1) is 44.7 Å².